The van der Waals surface area contributed by atoms with Crippen LogP contribution in [0, 0.1) is 18.7 Å². The Balaban J connectivity index is 1.87. The molecule has 39 heavy (non-hydrogen) atoms. The second-order valence-corrected chi connectivity index (χ2v) is 11.7. The van der Waals surface area contributed by atoms with E-state index in [1.165, 1.54) is 17.0 Å². The lowest BCUT2D eigenvalue weighted by atomic mass is 9.85. The van der Waals surface area contributed by atoms with Gasteiger partial charge < -0.3 is 9.84 Å². The molecule has 3 aromatic rings. The minimum atomic E-state index is -0.947. The molecule has 1 heterocycles. The van der Waals surface area contributed by atoms with Crippen molar-refractivity contribution in [2.45, 2.75) is 53.0 Å². The molecule has 5 nitrogen and oxygen atoms in total. The molecule has 0 bridgehead atoms. The van der Waals surface area contributed by atoms with Crippen LogP contribution in [0.2, 0.25) is 5.02 Å². The maximum Gasteiger partial charge on any atom is 0.300 e. The molecule has 1 fully saturated rings. The Morgan fingerprint density at radius 1 is 1.05 bits per heavy atom. The average Bonchev–Trinajstić information content (AvgIpc) is 3.14. The van der Waals surface area contributed by atoms with Gasteiger partial charge in [0.15, 0.2) is 0 Å². The molecule has 0 radical (unpaired) electrons. The van der Waals surface area contributed by atoms with E-state index in [1.807, 2.05) is 31.2 Å². The van der Waals surface area contributed by atoms with Gasteiger partial charge in [-0.2, -0.15) is 0 Å². The van der Waals surface area contributed by atoms with Crippen molar-refractivity contribution in [2.75, 3.05) is 11.5 Å². The van der Waals surface area contributed by atoms with Gasteiger partial charge in [0, 0.05) is 11.3 Å². The number of anilines is 1. The number of aryl methyl sites for hydroxylation is 1. The topological polar surface area (TPSA) is 66.8 Å². The van der Waals surface area contributed by atoms with E-state index in [2.05, 4.69) is 34.6 Å². The Kier molecular flexibility index (Phi) is 7.89. The van der Waals surface area contributed by atoms with Crippen molar-refractivity contribution in [2.24, 2.45) is 5.92 Å². The normalized spacial score (nSPS) is 17.3. The summed E-state index contributed by atoms with van der Waals surface area (Å²) < 4.78 is 19.8. The lowest BCUT2D eigenvalue weighted by Crippen LogP contribution is -2.29. The number of ether oxygens (including phenoxy) is 1. The van der Waals surface area contributed by atoms with Crippen LogP contribution in [0.4, 0.5) is 10.1 Å². The first kappa shape index (κ1) is 28.4. The number of aliphatic hydroxyl groups excluding tert-OH is 1. The summed E-state index contributed by atoms with van der Waals surface area (Å²) in [6.45, 7) is 12.8. The number of carbonyl (C=O) groups excluding carboxylic acids is 2. The van der Waals surface area contributed by atoms with Crippen molar-refractivity contribution < 1.29 is 23.8 Å². The smallest absolute Gasteiger partial charge is 0.300 e. The Labute approximate surface area is 233 Å². The first-order chi connectivity index (χ1) is 18.3. The third kappa shape index (κ3) is 5.71. The second kappa shape index (κ2) is 10.9. The molecular formula is C32H33ClFNO4. The van der Waals surface area contributed by atoms with Gasteiger partial charge in [-0.3, -0.25) is 14.5 Å². The van der Waals surface area contributed by atoms with Crippen LogP contribution in [0.5, 0.6) is 5.75 Å². The van der Waals surface area contributed by atoms with E-state index in [9.17, 15) is 19.1 Å². The average molecular weight is 550 g/mol. The van der Waals surface area contributed by atoms with E-state index in [4.69, 9.17) is 16.3 Å². The summed E-state index contributed by atoms with van der Waals surface area (Å²) in [5.74, 6) is -1.59. The number of amides is 1. The Hall–Kier alpha value is -3.64. The fourth-order valence-electron chi connectivity index (χ4n) is 4.59. The van der Waals surface area contributed by atoms with Crippen molar-refractivity contribution in [1.82, 2.24) is 0 Å². The third-order valence-electron chi connectivity index (χ3n) is 6.74. The first-order valence-electron chi connectivity index (χ1n) is 12.9. The molecule has 4 rings (SSSR count). The highest BCUT2D eigenvalue weighted by Crippen LogP contribution is 2.43. The van der Waals surface area contributed by atoms with Gasteiger partial charge >= 0.3 is 0 Å². The minimum Gasteiger partial charge on any atom is -0.507 e. The van der Waals surface area contributed by atoms with E-state index < -0.39 is 23.5 Å². The number of aliphatic hydroxyl groups is 1. The van der Waals surface area contributed by atoms with Crippen molar-refractivity contribution >= 4 is 34.7 Å². The molecule has 1 saturated heterocycles. The van der Waals surface area contributed by atoms with Gasteiger partial charge in [-0.15, -0.1) is 0 Å². The largest absolute Gasteiger partial charge is 0.507 e. The predicted molar refractivity (Wildman–Crippen MR) is 153 cm³/mol. The van der Waals surface area contributed by atoms with Crippen molar-refractivity contribution in [1.29, 1.82) is 0 Å². The summed E-state index contributed by atoms with van der Waals surface area (Å²) in [5, 5.41) is 11.3. The minimum absolute atomic E-state index is 0.0563. The number of hydrogen-bond acceptors (Lipinski definition) is 4. The summed E-state index contributed by atoms with van der Waals surface area (Å²) >= 11 is 6.04. The van der Waals surface area contributed by atoms with E-state index in [0.29, 0.717) is 29.4 Å². The summed E-state index contributed by atoms with van der Waals surface area (Å²) in [4.78, 5) is 28.1. The number of nitrogens with zero attached hydrogens (tertiary/aromatic N) is 1. The van der Waals surface area contributed by atoms with E-state index >= 15 is 0 Å². The Morgan fingerprint density at radius 2 is 1.72 bits per heavy atom. The molecule has 1 amide bonds. The van der Waals surface area contributed by atoms with E-state index in [-0.39, 0.29) is 27.5 Å². The number of ketones is 1. The molecule has 7 heteroatoms. The highest BCUT2D eigenvalue weighted by molar-refractivity contribution is 6.51. The van der Waals surface area contributed by atoms with Crippen LogP contribution < -0.4 is 9.64 Å². The summed E-state index contributed by atoms with van der Waals surface area (Å²) in [6.07, 6.45) is 0. The van der Waals surface area contributed by atoms with Crippen molar-refractivity contribution in [3.05, 3.63) is 99.3 Å². The zero-order valence-electron chi connectivity index (χ0n) is 23.0. The fourth-order valence-corrected chi connectivity index (χ4v) is 4.76. The van der Waals surface area contributed by atoms with Crippen LogP contribution >= 0.6 is 11.6 Å². The molecule has 0 saturated carbocycles. The molecule has 204 valence electrons. The van der Waals surface area contributed by atoms with E-state index in [1.54, 1.807) is 18.2 Å². The molecular weight excluding hydrogens is 517 g/mol. The number of rotatable bonds is 6. The second-order valence-electron chi connectivity index (χ2n) is 11.3. The summed E-state index contributed by atoms with van der Waals surface area (Å²) in [7, 11) is 0. The summed E-state index contributed by atoms with van der Waals surface area (Å²) in [5.41, 5.74) is 2.95. The maximum absolute atomic E-state index is 14.0. The number of hydrogen-bond donors (Lipinski definition) is 1. The van der Waals surface area contributed by atoms with Gasteiger partial charge in [0.05, 0.1) is 23.2 Å². The molecule has 0 aromatic heterocycles. The number of benzene rings is 3. The number of Topliss-reactive ketones (excluding diaryl/α,β-unsaturated/α-hetero) is 1. The standard InChI is InChI=1S/C32H33ClFNO4/c1-18(2)17-39-26-14-9-21(15-19(26)3)29(36)27-28(20-7-10-22(11-8-20)32(4,5)6)35(31(38)30(27)37)23-12-13-25(34)24(33)16-23/h7-16,18,28,36H,17H2,1-6H3/b29-27+. The molecule has 1 atom stereocenters. The molecule has 1 aliphatic rings. The maximum atomic E-state index is 14.0. The van der Waals surface area contributed by atoms with Gasteiger partial charge in [0.25, 0.3) is 11.7 Å². The number of halogens is 2. The molecule has 1 unspecified atom stereocenters. The molecule has 0 aliphatic carbocycles. The van der Waals surface area contributed by atoms with Crippen LogP contribution in [-0.4, -0.2) is 23.4 Å². The van der Waals surface area contributed by atoms with Crippen molar-refractivity contribution in [3.63, 3.8) is 0 Å². The van der Waals surface area contributed by atoms with Crippen LogP contribution in [0.1, 0.15) is 62.9 Å². The fraction of sp³-hybridized carbons (Fsp3) is 0.312. The third-order valence-corrected chi connectivity index (χ3v) is 7.03. The highest BCUT2D eigenvalue weighted by Gasteiger charge is 2.47. The molecule has 1 N–H and O–H groups in total. The lowest BCUT2D eigenvalue weighted by Gasteiger charge is -2.27. The van der Waals surface area contributed by atoms with Gasteiger partial charge in [-0.25, -0.2) is 4.39 Å². The zero-order chi connectivity index (χ0) is 28.6. The van der Waals surface area contributed by atoms with Gasteiger partial charge in [-0.05, 0) is 71.3 Å². The quantitative estimate of drug-likeness (QED) is 0.194. The van der Waals surface area contributed by atoms with Crippen LogP contribution in [0.15, 0.2) is 66.2 Å². The van der Waals surface area contributed by atoms with Crippen molar-refractivity contribution in [3.8, 4) is 5.75 Å². The molecule has 0 spiro atoms. The molecule has 1 aliphatic heterocycles. The molecule has 3 aromatic carbocycles. The van der Waals surface area contributed by atoms with Crippen LogP contribution in [0.25, 0.3) is 5.76 Å². The summed E-state index contributed by atoms with van der Waals surface area (Å²) in [6, 6.07) is 15.6. The monoisotopic (exact) mass is 549 g/mol. The van der Waals surface area contributed by atoms with Gasteiger partial charge in [0.2, 0.25) is 0 Å². The van der Waals surface area contributed by atoms with E-state index in [0.717, 1.165) is 17.2 Å². The highest BCUT2D eigenvalue weighted by atomic mass is 35.5. The number of carbonyl (C=O) groups is 2. The SMILES string of the molecule is Cc1cc(/C(O)=C2\C(=O)C(=O)N(c3ccc(F)c(Cl)c3)C2c2ccc(C(C)(C)C)cc2)ccc1OCC(C)C. The van der Waals surface area contributed by atoms with Gasteiger partial charge in [0.1, 0.15) is 17.3 Å². The lowest BCUT2D eigenvalue weighted by molar-refractivity contribution is -0.132. The Bertz CT molecular complexity index is 1450. The zero-order valence-corrected chi connectivity index (χ0v) is 23.8. The first-order valence-corrected chi connectivity index (χ1v) is 13.3. The van der Waals surface area contributed by atoms with Gasteiger partial charge in [-0.1, -0.05) is 70.5 Å². The predicted octanol–water partition coefficient (Wildman–Crippen LogP) is 7.75. The van der Waals surface area contributed by atoms with Crippen LogP contribution in [-0.2, 0) is 15.0 Å². The Morgan fingerprint density at radius 3 is 2.28 bits per heavy atom. The van der Waals surface area contributed by atoms with Crippen LogP contribution in [0.3, 0.4) is 0 Å².